The van der Waals surface area contributed by atoms with Crippen molar-refractivity contribution in [1.82, 2.24) is 9.79 Å². The first-order valence-electron chi connectivity index (χ1n) is 10.8. The zero-order valence-electron chi connectivity index (χ0n) is 18.5. The highest BCUT2D eigenvalue weighted by atomic mass is 32.2. The highest BCUT2D eigenvalue weighted by Gasteiger charge is 2.56. The van der Waals surface area contributed by atoms with Gasteiger partial charge in [0.05, 0.1) is 18.6 Å². The number of rotatable bonds is 6. The van der Waals surface area contributed by atoms with E-state index in [1.54, 1.807) is 0 Å². The number of hydroxylamine groups is 1. The van der Waals surface area contributed by atoms with Gasteiger partial charge in [-0.1, -0.05) is 0 Å². The minimum atomic E-state index is -4.45. The van der Waals surface area contributed by atoms with Gasteiger partial charge in [-0.05, 0) is 62.8 Å². The molecule has 1 saturated heterocycles. The first-order chi connectivity index (χ1) is 15.9. The number of nitrogens with zero attached hydrogens (tertiary/aromatic N) is 1. The lowest BCUT2D eigenvalue weighted by Crippen LogP contribution is -2.60. The second-order valence-electron chi connectivity index (χ2n) is 8.48. The molecular formula is C21H27F3N2O7S. The average Bonchev–Trinajstić information content (AvgIpc) is 2.83. The molecule has 1 aromatic carbocycles. The van der Waals surface area contributed by atoms with Gasteiger partial charge in [0.1, 0.15) is 11.9 Å². The zero-order chi connectivity index (χ0) is 25.1. The van der Waals surface area contributed by atoms with E-state index in [9.17, 15) is 36.4 Å². The van der Waals surface area contributed by atoms with Gasteiger partial charge in [-0.15, -0.1) is 0 Å². The topological polar surface area (TPSA) is 122 Å². The molecule has 2 aliphatic rings. The van der Waals surface area contributed by atoms with Crippen molar-refractivity contribution in [1.29, 1.82) is 0 Å². The molecule has 1 saturated carbocycles. The first-order valence-corrected chi connectivity index (χ1v) is 12.2. The fourth-order valence-electron chi connectivity index (χ4n) is 4.54. The van der Waals surface area contributed by atoms with Crippen molar-refractivity contribution in [2.24, 2.45) is 5.92 Å². The van der Waals surface area contributed by atoms with E-state index in [1.165, 1.54) is 29.0 Å². The lowest BCUT2D eigenvalue weighted by atomic mass is 9.81. The van der Waals surface area contributed by atoms with Crippen LogP contribution in [-0.4, -0.2) is 60.9 Å². The van der Waals surface area contributed by atoms with Crippen LogP contribution in [0.5, 0.6) is 5.75 Å². The summed E-state index contributed by atoms with van der Waals surface area (Å²) in [5.74, 6) is -1.80. The Balaban J connectivity index is 1.66. The number of hydrogen-bond acceptors (Lipinski definition) is 7. The maximum atomic E-state index is 13.5. The van der Waals surface area contributed by atoms with Gasteiger partial charge in [-0.3, -0.25) is 14.8 Å². The molecule has 0 spiro atoms. The van der Waals surface area contributed by atoms with E-state index in [0.29, 0.717) is 0 Å². The molecule has 0 unspecified atom stereocenters. The number of piperidine rings is 1. The largest absolute Gasteiger partial charge is 0.490 e. The van der Waals surface area contributed by atoms with Crippen LogP contribution in [0, 0.1) is 5.92 Å². The van der Waals surface area contributed by atoms with E-state index < -0.39 is 50.4 Å². The number of nitrogens with one attached hydrogen (secondary N) is 1. The monoisotopic (exact) mass is 508 g/mol. The molecule has 13 heteroatoms. The Morgan fingerprint density at radius 2 is 1.65 bits per heavy atom. The highest BCUT2D eigenvalue weighted by molar-refractivity contribution is 7.91. The lowest BCUT2D eigenvalue weighted by Gasteiger charge is -2.41. The quantitative estimate of drug-likeness (QED) is 0.344. The molecular weight excluding hydrogens is 481 g/mol. The fourth-order valence-corrected chi connectivity index (χ4v) is 6.76. The van der Waals surface area contributed by atoms with Crippen LogP contribution in [0.3, 0.4) is 0 Å². The van der Waals surface area contributed by atoms with Crippen molar-refractivity contribution in [2.75, 3.05) is 20.2 Å². The number of methoxy groups -OCH3 is 1. The molecule has 1 aromatic rings. The van der Waals surface area contributed by atoms with Gasteiger partial charge in [0, 0.05) is 13.1 Å². The Morgan fingerprint density at radius 1 is 1.09 bits per heavy atom. The van der Waals surface area contributed by atoms with Crippen LogP contribution in [0.2, 0.25) is 0 Å². The summed E-state index contributed by atoms with van der Waals surface area (Å²) < 4.78 is 74.8. The van der Waals surface area contributed by atoms with E-state index in [4.69, 9.17) is 9.47 Å². The minimum Gasteiger partial charge on any atom is -0.490 e. The van der Waals surface area contributed by atoms with Gasteiger partial charge < -0.3 is 9.47 Å². The summed E-state index contributed by atoms with van der Waals surface area (Å²) in [5.41, 5.74) is 0.673. The fraction of sp³-hybridized carbons (Fsp3) is 0.619. The van der Waals surface area contributed by atoms with Crippen molar-refractivity contribution in [2.45, 2.75) is 55.6 Å². The summed E-state index contributed by atoms with van der Waals surface area (Å²) in [6.45, 7) is 0.0725. The Hall–Kier alpha value is -2.38. The highest BCUT2D eigenvalue weighted by Crippen LogP contribution is 2.41. The van der Waals surface area contributed by atoms with Crippen LogP contribution >= 0.6 is 0 Å². The van der Waals surface area contributed by atoms with Crippen LogP contribution in [-0.2, 0) is 30.5 Å². The molecule has 190 valence electrons. The Bertz CT molecular complexity index is 983. The molecule has 0 atom stereocenters. The number of hydrogen-bond donors (Lipinski definition) is 2. The zero-order valence-corrected chi connectivity index (χ0v) is 19.3. The number of benzene rings is 1. The van der Waals surface area contributed by atoms with Crippen LogP contribution in [0.4, 0.5) is 13.2 Å². The molecule has 0 bridgehead atoms. The normalized spacial score (nSPS) is 24.9. The second-order valence-corrected chi connectivity index (χ2v) is 10.7. The number of carbonyl (C=O) groups excluding carboxylic acids is 2. The van der Waals surface area contributed by atoms with E-state index >= 15 is 0 Å². The van der Waals surface area contributed by atoms with Crippen LogP contribution in [0.1, 0.15) is 44.1 Å². The molecule has 9 nitrogen and oxygen atoms in total. The van der Waals surface area contributed by atoms with Crippen molar-refractivity contribution in [3.05, 3.63) is 29.8 Å². The molecule has 2 fully saturated rings. The molecule has 3 rings (SSSR count). The predicted octanol–water partition coefficient (Wildman–Crippen LogP) is 2.49. The Morgan fingerprint density at radius 3 is 2.12 bits per heavy atom. The molecule has 2 N–H and O–H groups in total. The van der Waals surface area contributed by atoms with Gasteiger partial charge in [-0.2, -0.15) is 13.2 Å². The minimum absolute atomic E-state index is 0.0362. The van der Waals surface area contributed by atoms with E-state index in [1.807, 2.05) is 0 Å². The number of esters is 1. The number of halogens is 3. The third-order valence-electron chi connectivity index (χ3n) is 6.56. The van der Waals surface area contributed by atoms with Gasteiger partial charge in [0.15, 0.2) is 4.75 Å². The molecule has 1 aliphatic heterocycles. The van der Waals surface area contributed by atoms with E-state index in [0.717, 1.165) is 12.1 Å². The smallest absolute Gasteiger partial charge is 0.416 e. The van der Waals surface area contributed by atoms with Gasteiger partial charge >= 0.3 is 12.1 Å². The molecule has 0 radical (unpaired) electrons. The average molecular weight is 509 g/mol. The van der Waals surface area contributed by atoms with Crippen molar-refractivity contribution < 1.29 is 45.9 Å². The Kier molecular flexibility index (Phi) is 7.78. The number of sulfonamides is 1. The standard InChI is InChI=1S/C21H27F3N2O7S/c1-32-18(27)14-6-10-20(11-7-14,19(28)25-29)34(30,31)26-12-8-17(9-13-26)33-16-4-2-15(3-5-16)21(22,23)24/h2-5,14,17,29H,6-13H2,1H3,(H,25,28). The lowest BCUT2D eigenvalue weighted by molar-refractivity contribution is -0.148. The summed E-state index contributed by atoms with van der Waals surface area (Å²) >= 11 is 0. The van der Waals surface area contributed by atoms with Gasteiger partial charge in [0.25, 0.3) is 5.91 Å². The summed E-state index contributed by atoms with van der Waals surface area (Å²) in [4.78, 5) is 24.4. The second kappa shape index (κ2) is 10.1. The van der Waals surface area contributed by atoms with E-state index in [2.05, 4.69) is 0 Å². The molecule has 34 heavy (non-hydrogen) atoms. The number of alkyl halides is 3. The SMILES string of the molecule is COC(=O)C1CCC(C(=O)NO)(S(=O)(=O)N2CCC(Oc3ccc(C(F)(F)F)cc3)CC2)CC1. The van der Waals surface area contributed by atoms with Gasteiger partial charge in [0.2, 0.25) is 10.0 Å². The molecule has 0 aromatic heterocycles. The summed E-state index contributed by atoms with van der Waals surface area (Å²) in [5, 5.41) is 9.25. The third kappa shape index (κ3) is 5.15. The number of carbonyl (C=O) groups is 2. The maximum absolute atomic E-state index is 13.5. The first kappa shape index (κ1) is 26.2. The van der Waals surface area contributed by atoms with E-state index in [-0.39, 0.29) is 57.4 Å². The molecule has 1 aliphatic carbocycles. The van der Waals surface area contributed by atoms with Crippen LogP contribution in [0.25, 0.3) is 0 Å². The van der Waals surface area contributed by atoms with Gasteiger partial charge in [-0.25, -0.2) is 18.2 Å². The third-order valence-corrected chi connectivity index (χ3v) is 9.19. The maximum Gasteiger partial charge on any atom is 0.416 e. The van der Waals surface area contributed by atoms with Crippen molar-refractivity contribution >= 4 is 21.9 Å². The molecule has 1 amide bonds. The summed E-state index contributed by atoms with van der Waals surface area (Å²) in [6, 6.07) is 4.26. The van der Waals surface area contributed by atoms with Crippen LogP contribution in [0.15, 0.2) is 24.3 Å². The summed E-state index contributed by atoms with van der Waals surface area (Å²) in [7, 11) is -2.97. The predicted molar refractivity (Wildman–Crippen MR) is 112 cm³/mol. The van der Waals surface area contributed by atoms with Crippen LogP contribution < -0.4 is 10.2 Å². The number of amides is 1. The molecule has 1 heterocycles. The van der Waals surface area contributed by atoms with Crippen molar-refractivity contribution in [3.8, 4) is 5.75 Å². The van der Waals surface area contributed by atoms with Crippen molar-refractivity contribution in [3.63, 3.8) is 0 Å². The summed E-state index contributed by atoms with van der Waals surface area (Å²) in [6.07, 6.45) is -4.40. The Labute approximate surface area is 195 Å². The number of ether oxygens (including phenoxy) is 2.